The number of nitro benzene ring substituents is 1. The van der Waals surface area contributed by atoms with E-state index in [1.165, 1.54) is 29.5 Å². The average molecular weight is 357 g/mol. The van der Waals surface area contributed by atoms with E-state index in [1.54, 1.807) is 5.38 Å². The number of nitrogens with zero attached hydrogens (tertiary/aromatic N) is 2. The third kappa shape index (κ3) is 3.52. The van der Waals surface area contributed by atoms with E-state index in [0.29, 0.717) is 21.0 Å². The Bertz CT molecular complexity index is 673. The highest BCUT2D eigenvalue weighted by atomic mass is 79.9. The minimum Gasteiger partial charge on any atom is -0.375 e. The summed E-state index contributed by atoms with van der Waals surface area (Å²) in [7, 11) is 0. The van der Waals surface area contributed by atoms with Crippen molar-refractivity contribution in [2.24, 2.45) is 0 Å². The van der Waals surface area contributed by atoms with E-state index < -0.39 is 4.92 Å². The number of nitrogens with two attached hydrogens (primary N) is 1. The Kier molecular flexibility index (Phi) is 4.30. The molecule has 1 aromatic heterocycles. The Morgan fingerprint density at radius 1 is 1.55 bits per heavy atom. The van der Waals surface area contributed by atoms with E-state index >= 15 is 0 Å². The van der Waals surface area contributed by atoms with Crippen LogP contribution in [0.2, 0.25) is 0 Å². The van der Waals surface area contributed by atoms with Gasteiger partial charge in [-0.1, -0.05) is 0 Å². The SMILES string of the molecule is Nc1nc(CC(=O)Nc2ccc([N+](=O)[O-])cc2Br)cs1. The van der Waals surface area contributed by atoms with Crippen molar-refractivity contribution >= 4 is 49.7 Å². The molecule has 0 aliphatic heterocycles. The number of hydrogen-bond acceptors (Lipinski definition) is 6. The molecule has 20 heavy (non-hydrogen) atoms. The highest BCUT2D eigenvalue weighted by Crippen LogP contribution is 2.27. The smallest absolute Gasteiger partial charge is 0.270 e. The zero-order valence-corrected chi connectivity index (χ0v) is 12.4. The molecule has 0 atom stereocenters. The first-order valence-electron chi connectivity index (χ1n) is 5.39. The van der Waals surface area contributed by atoms with E-state index in [4.69, 9.17) is 5.73 Å². The number of aromatic nitrogens is 1. The number of anilines is 2. The summed E-state index contributed by atoms with van der Waals surface area (Å²) in [6, 6.07) is 4.12. The second kappa shape index (κ2) is 5.97. The van der Waals surface area contributed by atoms with Crippen molar-refractivity contribution in [2.45, 2.75) is 6.42 Å². The highest BCUT2D eigenvalue weighted by molar-refractivity contribution is 9.10. The van der Waals surface area contributed by atoms with Crippen molar-refractivity contribution in [3.63, 3.8) is 0 Å². The highest BCUT2D eigenvalue weighted by Gasteiger charge is 2.12. The fraction of sp³-hybridized carbons (Fsp3) is 0.0909. The zero-order valence-electron chi connectivity index (χ0n) is 10.00. The number of halogens is 1. The molecule has 0 radical (unpaired) electrons. The van der Waals surface area contributed by atoms with E-state index in [9.17, 15) is 14.9 Å². The third-order valence-electron chi connectivity index (χ3n) is 2.35. The summed E-state index contributed by atoms with van der Waals surface area (Å²) in [6.07, 6.45) is 0.0944. The Morgan fingerprint density at radius 2 is 2.30 bits per heavy atom. The van der Waals surface area contributed by atoms with Crippen LogP contribution in [0.5, 0.6) is 0 Å². The molecule has 1 amide bonds. The third-order valence-corrected chi connectivity index (χ3v) is 3.73. The van der Waals surface area contributed by atoms with Gasteiger partial charge in [-0.05, 0) is 22.0 Å². The van der Waals surface area contributed by atoms with Gasteiger partial charge in [-0.3, -0.25) is 14.9 Å². The van der Waals surface area contributed by atoms with E-state index in [-0.39, 0.29) is 18.0 Å². The topological polar surface area (TPSA) is 111 Å². The minimum absolute atomic E-state index is 0.0536. The summed E-state index contributed by atoms with van der Waals surface area (Å²) in [5.74, 6) is -0.273. The molecule has 3 N–H and O–H groups in total. The van der Waals surface area contributed by atoms with Gasteiger partial charge in [-0.25, -0.2) is 4.98 Å². The lowest BCUT2D eigenvalue weighted by Crippen LogP contribution is -2.15. The number of nitro groups is 1. The van der Waals surface area contributed by atoms with Gasteiger partial charge >= 0.3 is 0 Å². The molecule has 104 valence electrons. The summed E-state index contributed by atoms with van der Waals surface area (Å²) >= 11 is 4.44. The Morgan fingerprint density at radius 3 is 2.85 bits per heavy atom. The Balaban J connectivity index is 2.06. The number of thiazole rings is 1. The van der Waals surface area contributed by atoms with Gasteiger partial charge < -0.3 is 11.1 Å². The summed E-state index contributed by atoms with van der Waals surface area (Å²) in [5, 5.41) is 15.4. The predicted molar refractivity (Wildman–Crippen MR) is 79.7 cm³/mol. The minimum atomic E-state index is -0.506. The number of nitrogen functional groups attached to an aromatic ring is 1. The number of carbonyl (C=O) groups excluding carboxylic acids is 1. The molecule has 0 saturated carbocycles. The molecular formula is C11H9BrN4O3S. The quantitative estimate of drug-likeness (QED) is 0.645. The molecule has 1 heterocycles. The van der Waals surface area contributed by atoms with Crippen LogP contribution in [0, 0.1) is 10.1 Å². The van der Waals surface area contributed by atoms with Crippen molar-refractivity contribution in [1.29, 1.82) is 0 Å². The summed E-state index contributed by atoms with van der Waals surface area (Å²) in [5.41, 5.74) is 6.47. The van der Waals surface area contributed by atoms with Crippen molar-refractivity contribution in [1.82, 2.24) is 4.98 Å². The zero-order chi connectivity index (χ0) is 14.7. The molecule has 0 unspecified atom stereocenters. The molecule has 2 rings (SSSR count). The summed E-state index contributed by atoms with van der Waals surface area (Å²) < 4.78 is 0.442. The molecule has 1 aromatic carbocycles. The lowest BCUT2D eigenvalue weighted by molar-refractivity contribution is -0.384. The molecule has 7 nitrogen and oxygen atoms in total. The second-order valence-corrected chi connectivity index (χ2v) is 5.57. The molecular weight excluding hydrogens is 348 g/mol. The number of rotatable bonds is 4. The summed E-state index contributed by atoms with van der Waals surface area (Å²) in [4.78, 5) is 25.9. The maximum Gasteiger partial charge on any atom is 0.270 e. The van der Waals surface area contributed by atoms with Crippen LogP contribution in [0.1, 0.15) is 5.69 Å². The Hall–Kier alpha value is -2.00. The van der Waals surface area contributed by atoms with Gasteiger partial charge in [0.15, 0.2) is 5.13 Å². The van der Waals surface area contributed by atoms with Gasteiger partial charge in [0.25, 0.3) is 5.69 Å². The van der Waals surface area contributed by atoms with Gasteiger partial charge in [0.2, 0.25) is 5.91 Å². The number of nitrogens with one attached hydrogen (secondary N) is 1. The molecule has 0 aliphatic rings. The number of amides is 1. The van der Waals surface area contributed by atoms with E-state index in [2.05, 4.69) is 26.2 Å². The molecule has 0 bridgehead atoms. The molecule has 9 heteroatoms. The van der Waals surface area contributed by atoms with Crippen molar-refractivity contribution in [2.75, 3.05) is 11.1 Å². The molecule has 0 fully saturated rings. The van der Waals surface area contributed by atoms with Gasteiger partial charge in [0.05, 0.1) is 22.7 Å². The molecule has 0 saturated heterocycles. The molecule has 0 spiro atoms. The Labute approximate surface area is 126 Å². The standard InChI is InChI=1S/C11H9BrN4O3S/c12-8-4-7(16(18)19)1-2-9(8)15-10(17)3-6-5-20-11(13)14-6/h1-2,4-5H,3H2,(H2,13,14)(H,15,17). The molecule has 0 aliphatic carbocycles. The van der Waals surface area contributed by atoms with Crippen LogP contribution in [0.15, 0.2) is 28.1 Å². The number of carbonyl (C=O) groups is 1. The number of benzene rings is 1. The maximum absolute atomic E-state index is 11.8. The number of hydrogen-bond donors (Lipinski definition) is 2. The fourth-order valence-electron chi connectivity index (χ4n) is 1.48. The average Bonchev–Trinajstić information content (AvgIpc) is 2.77. The largest absolute Gasteiger partial charge is 0.375 e. The van der Waals surface area contributed by atoms with E-state index in [1.807, 2.05) is 0 Å². The van der Waals surface area contributed by atoms with Crippen LogP contribution in [-0.2, 0) is 11.2 Å². The first-order valence-corrected chi connectivity index (χ1v) is 7.06. The first kappa shape index (κ1) is 14.4. The van der Waals surface area contributed by atoms with Crippen LogP contribution < -0.4 is 11.1 Å². The monoisotopic (exact) mass is 356 g/mol. The predicted octanol–water partition coefficient (Wildman–Crippen LogP) is 2.58. The van der Waals surface area contributed by atoms with Crippen molar-refractivity contribution in [3.05, 3.63) is 43.9 Å². The molecule has 2 aromatic rings. The normalized spacial score (nSPS) is 10.2. The summed E-state index contributed by atoms with van der Waals surface area (Å²) in [6.45, 7) is 0. The number of non-ortho nitro benzene ring substituents is 1. The van der Waals surface area contributed by atoms with Crippen LogP contribution in [0.3, 0.4) is 0 Å². The van der Waals surface area contributed by atoms with Crippen LogP contribution in [0.4, 0.5) is 16.5 Å². The maximum atomic E-state index is 11.8. The van der Waals surface area contributed by atoms with Gasteiger partial charge in [-0.2, -0.15) is 0 Å². The first-order chi connectivity index (χ1) is 9.45. The van der Waals surface area contributed by atoms with Crippen molar-refractivity contribution < 1.29 is 9.72 Å². The van der Waals surface area contributed by atoms with Gasteiger partial charge in [0.1, 0.15) is 0 Å². The van der Waals surface area contributed by atoms with Crippen LogP contribution in [0.25, 0.3) is 0 Å². The second-order valence-electron chi connectivity index (χ2n) is 3.82. The fourth-order valence-corrected chi connectivity index (χ4v) is 2.51. The van der Waals surface area contributed by atoms with Crippen molar-refractivity contribution in [3.8, 4) is 0 Å². The lowest BCUT2D eigenvalue weighted by atomic mass is 10.2. The van der Waals surface area contributed by atoms with Gasteiger partial charge in [0, 0.05) is 22.0 Å². The van der Waals surface area contributed by atoms with Crippen LogP contribution >= 0.6 is 27.3 Å². The van der Waals surface area contributed by atoms with Gasteiger partial charge in [-0.15, -0.1) is 11.3 Å². The van der Waals surface area contributed by atoms with Crippen LogP contribution in [-0.4, -0.2) is 15.8 Å². The lowest BCUT2D eigenvalue weighted by Gasteiger charge is -2.06. The van der Waals surface area contributed by atoms with E-state index in [0.717, 1.165) is 0 Å².